The summed E-state index contributed by atoms with van der Waals surface area (Å²) in [5.41, 5.74) is 0.833. The lowest BCUT2D eigenvalue weighted by Crippen LogP contribution is -2.09. The fourth-order valence-electron chi connectivity index (χ4n) is 1.43. The van der Waals surface area contributed by atoms with Crippen LogP contribution in [0.25, 0.3) is 11.5 Å². The predicted molar refractivity (Wildman–Crippen MR) is 64.6 cm³/mol. The largest absolute Gasteiger partial charge is 0.441 e. The fraction of sp³-hybridized carbons (Fsp3) is 0.250. The molecule has 4 heteroatoms. The third-order valence-corrected chi connectivity index (χ3v) is 2.61. The maximum absolute atomic E-state index is 6.06. The number of halogens is 1. The highest BCUT2D eigenvalue weighted by Gasteiger charge is 2.09. The Labute approximate surface area is 99.5 Å². The molecule has 0 fully saturated rings. The van der Waals surface area contributed by atoms with Crippen molar-refractivity contribution in [2.24, 2.45) is 0 Å². The van der Waals surface area contributed by atoms with E-state index in [-0.39, 0.29) is 0 Å². The van der Waals surface area contributed by atoms with Crippen LogP contribution in [-0.2, 0) is 6.42 Å². The van der Waals surface area contributed by atoms with Gasteiger partial charge in [0.1, 0.15) is 5.76 Å². The summed E-state index contributed by atoms with van der Waals surface area (Å²) in [7, 11) is 1.91. The van der Waals surface area contributed by atoms with E-state index in [0.717, 1.165) is 24.3 Å². The zero-order valence-corrected chi connectivity index (χ0v) is 9.79. The number of hydrogen-bond acceptors (Lipinski definition) is 3. The highest BCUT2D eigenvalue weighted by Crippen LogP contribution is 2.26. The van der Waals surface area contributed by atoms with Crippen molar-refractivity contribution in [2.45, 2.75) is 6.42 Å². The van der Waals surface area contributed by atoms with Gasteiger partial charge in [0.05, 0.1) is 16.8 Å². The quantitative estimate of drug-likeness (QED) is 0.887. The van der Waals surface area contributed by atoms with Crippen LogP contribution >= 0.6 is 11.6 Å². The van der Waals surface area contributed by atoms with E-state index >= 15 is 0 Å². The number of likely N-dealkylation sites (N-methyl/N-ethyl adjacent to an activating group) is 1. The summed E-state index contributed by atoms with van der Waals surface area (Å²) in [6.07, 6.45) is 2.57. The van der Waals surface area contributed by atoms with Gasteiger partial charge >= 0.3 is 0 Å². The minimum Gasteiger partial charge on any atom is -0.441 e. The topological polar surface area (TPSA) is 38.1 Å². The van der Waals surface area contributed by atoms with Crippen LogP contribution < -0.4 is 5.32 Å². The molecule has 0 aliphatic heterocycles. The summed E-state index contributed by atoms with van der Waals surface area (Å²) in [4.78, 5) is 4.22. The molecule has 1 heterocycles. The van der Waals surface area contributed by atoms with Crippen LogP contribution in [0.3, 0.4) is 0 Å². The highest BCUT2D eigenvalue weighted by atomic mass is 35.5. The van der Waals surface area contributed by atoms with Crippen LogP contribution in [0.4, 0.5) is 0 Å². The Bertz CT molecular complexity index is 468. The van der Waals surface area contributed by atoms with Crippen LogP contribution in [0.1, 0.15) is 5.76 Å². The normalized spacial score (nSPS) is 10.6. The molecule has 0 aliphatic carbocycles. The Hall–Kier alpha value is -1.32. The summed E-state index contributed by atoms with van der Waals surface area (Å²) in [6.45, 7) is 0.872. The smallest absolute Gasteiger partial charge is 0.227 e. The molecular formula is C12H13ClN2O. The van der Waals surface area contributed by atoms with Gasteiger partial charge in [0.15, 0.2) is 0 Å². The lowest BCUT2D eigenvalue weighted by atomic mass is 10.2. The van der Waals surface area contributed by atoms with Crippen molar-refractivity contribution in [3.8, 4) is 11.5 Å². The van der Waals surface area contributed by atoms with Gasteiger partial charge in [-0.3, -0.25) is 0 Å². The molecule has 0 atom stereocenters. The molecule has 0 amide bonds. The van der Waals surface area contributed by atoms with Gasteiger partial charge in [-0.1, -0.05) is 23.7 Å². The van der Waals surface area contributed by atoms with Crippen LogP contribution in [0.15, 0.2) is 34.9 Å². The number of oxazole rings is 1. The van der Waals surface area contributed by atoms with E-state index in [1.165, 1.54) is 0 Å². The van der Waals surface area contributed by atoms with Crippen LogP contribution in [0.2, 0.25) is 5.02 Å². The van der Waals surface area contributed by atoms with Gasteiger partial charge < -0.3 is 9.73 Å². The molecule has 1 aromatic heterocycles. The van der Waals surface area contributed by atoms with Crippen molar-refractivity contribution in [1.29, 1.82) is 0 Å². The molecule has 1 N–H and O–H groups in total. The minimum absolute atomic E-state index is 0.580. The van der Waals surface area contributed by atoms with Crippen LogP contribution in [-0.4, -0.2) is 18.6 Å². The second kappa shape index (κ2) is 5.14. The second-order valence-corrected chi connectivity index (χ2v) is 3.87. The van der Waals surface area contributed by atoms with E-state index in [9.17, 15) is 0 Å². The zero-order chi connectivity index (χ0) is 11.4. The first kappa shape index (κ1) is 11.2. The van der Waals surface area contributed by atoms with Crippen molar-refractivity contribution in [3.63, 3.8) is 0 Å². The molecule has 0 saturated heterocycles. The average Bonchev–Trinajstić information content (AvgIpc) is 2.75. The van der Waals surface area contributed by atoms with Crippen molar-refractivity contribution in [3.05, 3.63) is 41.2 Å². The molecule has 0 aliphatic rings. The van der Waals surface area contributed by atoms with Gasteiger partial charge in [0, 0.05) is 13.0 Å². The number of rotatable bonds is 4. The molecule has 2 aromatic rings. The Morgan fingerprint density at radius 1 is 1.38 bits per heavy atom. The van der Waals surface area contributed by atoms with Crippen molar-refractivity contribution < 1.29 is 4.42 Å². The first-order chi connectivity index (χ1) is 7.81. The van der Waals surface area contributed by atoms with Gasteiger partial charge in [0.2, 0.25) is 5.89 Å². The van der Waals surface area contributed by atoms with E-state index in [1.807, 2.05) is 31.3 Å². The van der Waals surface area contributed by atoms with Crippen molar-refractivity contribution in [1.82, 2.24) is 10.3 Å². The van der Waals surface area contributed by atoms with Gasteiger partial charge in [-0.15, -0.1) is 0 Å². The van der Waals surface area contributed by atoms with E-state index < -0.39 is 0 Å². The maximum Gasteiger partial charge on any atom is 0.227 e. The number of aromatic nitrogens is 1. The maximum atomic E-state index is 6.06. The Balaban J connectivity index is 2.22. The minimum atomic E-state index is 0.580. The fourth-order valence-corrected chi connectivity index (χ4v) is 1.65. The summed E-state index contributed by atoms with van der Waals surface area (Å²) < 4.78 is 5.62. The molecular weight excluding hydrogens is 224 g/mol. The third-order valence-electron chi connectivity index (χ3n) is 2.28. The molecule has 0 radical (unpaired) electrons. The second-order valence-electron chi connectivity index (χ2n) is 3.47. The molecule has 3 nitrogen and oxygen atoms in total. The number of nitrogens with zero attached hydrogens (tertiary/aromatic N) is 1. The van der Waals surface area contributed by atoms with Crippen molar-refractivity contribution >= 4 is 11.6 Å². The Morgan fingerprint density at radius 3 is 2.94 bits per heavy atom. The van der Waals surface area contributed by atoms with Gasteiger partial charge in [-0.05, 0) is 19.2 Å². The number of benzene rings is 1. The summed E-state index contributed by atoms with van der Waals surface area (Å²) in [6, 6.07) is 7.53. The number of nitrogens with one attached hydrogen (secondary N) is 1. The summed E-state index contributed by atoms with van der Waals surface area (Å²) in [5, 5.41) is 3.72. The van der Waals surface area contributed by atoms with Crippen LogP contribution in [0, 0.1) is 0 Å². The molecule has 16 heavy (non-hydrogen) atoms. The van der Waals surface area contributed by atoms with Gasteiger partial charge in [-0.25, -0.2) is 4.98 Å². The lowest BCUT2D eigenvalue weighted by Gasteiger charge is -1.98. The predicted octanol–water partition coefficient (Wildman–Crippen LogP) is 2.76. The van der Waals surface area contributed by atoms with Gasteiger partial charge in [0.25, 0.3) is 0 Å². The summed E-state index contributed by atoms with van der Waals surface area (Å²) in [5.74, 6) is 1.45. The van der Waals surface area contributed by atoms with E-state index in [4.69, 9.17) is 16.0 Å². The lowest BCUT2D eigenvalue weighted by molar-refractivity contribution is 0.512. The van der Waals surface area contributed by atoms with E-state index in [1.54, 1.807) is 6.20 Å². The molecule has 1 aromatic carbocycles. The molecule has 0 unspecified atom stereocenters. The first-order valence-corrected chi connectivity index (χ1v) is 5.53. The molecule has 2 rings (SSSR count). The van der Waals surface area contributed by atoms with Crippen molar-refractivity contribution in [2.75, 3.05) is 13.6 Å². The molecule has 0 saturated carbocycles. The molecule has 84 valence electrons. The zero-order valence-electron chi connectivity index (χ0n) is 9.03. The van der Waals surface area contributed by atoms with Gasteiger partial charge in [-0.2, -0.15) is 0 Å². The summed E-state index contributed by atoms with van der Waals surface area (Å²) >= 11 is 6.06. The SMILES string of the molecule is CNCCc1cnc(-c2ccccc2Cl)o1. The average molecular weight is 237 g/mol. The number of hydrogen-bond donors (Lipinski definition) is 1. The van der Waals surface area contributed by atoms with Crippen LogP contribution in [0.5, 0.6) is 0 Å². The first-order valence-electron chi connectivity index (χ1n) is 5.15. The standard InChI is InChI=1S/C12H13ClN2O/c1-14-7-6-9-8-15-12(16-9)10-4-2-3-5-11(10)13/h2-5,8,14H,6-7H2,1H3. The molecule has 0 spiro atoms. The third kappa shape index (κ3) is 2.43. The molecule has 0 bridgehead atoms. The van der Waals surface area contributed by atoms with E-state index in [2.05, 4.69) is 10.3 Å². The monoisotopic (exact) mass is 236 g/mol. The highest BCUT2D eigenvalue weighted by molar-refractivity contribution is 6.33. The van der Waals surface area contributed by atoms with E-state index in [0.29, 0.717) is 10.9 Å². The Kier molecular flexibility index (Phi) is 3.59. The Morgan fingerprint density at radius 2 is 2.19 bits per heavy atom.